The van der Waals surface area contributed by atoms with Gasteiger partial charge in [-0.25, -0.2) is 0 Å². The molecule has 0 heterocycles. The van der Waals surface area contributed by atoms with E-state index in [9.17, 15) is 9.59 Å². The summed E-state index contributed by atoms with van der Waals surface area (Å²) in [5.41, 5.74) is 2.62. The van der Waals surface area contributed by atoms with Gasteiger partial charge in [-0.05, 0) is 43.9 Å². The second-order valence-corrected chi connectivity index (χ2v) is 5.16. The molecule has 21 heavy (non-hydrogen) atoms. The van der Waals surface area contributed by atoms with E-state index in [0.717, 1.165) is 17.5 Å². The third-order valence-electron chi connectivity index (χ3n) is 3.18. The van der Waals surface area contributed by atoms with Crippen molar-refractivity contribution < 1.29 is 19.1 Å². The van der Waals surface area contributed by atoms with Crippen molar-refractivity contribution in [1.29, 1.82) is 0 Å². The Morgan fingerprint density at radius 1 is 1.14 bits per heavy atom. The fraction of sp³-hybridized carbons (Fsp3) is 0.529. The minimum Gasteiger partial charge on any atom is -0.493 e. The number of aryl methyl sites for hydroxylation is 2. The summed E-state index contributed by atoms with van der Waals surface area (Å²) in [6.45, 7) is 6.53. The third-order valence-corrected chi connectivity index (χ3v) is 3.18. The second kappa shape index (κ2) is 8.45. The van der Waals surface area contributed by atoms with Crippen LogP contribution in [0.1, 0.15) is 54.1 Å². The first-order chi connectivity index (χ1) is 9.99. The largest absolute Gasteiger partial charge is 0.493 e. The van der Waals surface area contributed by atoms with Crippen LogP contribution in [0.15, 0.2) is 12.1 Å². The fourth-order valence-corrected chi connectivity index (χ4v) is 2.19. The molecule has 0 aliphatic heterocycles. The van der Waals surface area contributed by atoms with Crippen LogP contribution in [0.4, 0.5) is 0 Å². The summed E-state index contributed by atoms with van der Waals surface area (Å²) in [5, 5.41) is 0. The van der Waals surface area contributed by atoms with Gasteiger partial charge in [0.2, 0.25) is 0 Å². The average Bonchev–Trinajstić information content (AvgIpc) is 2.45. The Balaban J connectivity index is 2.83. The standard InChI is InChI=1S/C17H24O4/c1-5-9-21-17-13(3)10-12(2)11-14(17)15(18)7-6-8-16(19)20-4/h10-11H,5-9H2,1-4H3. The monoisotopic (exact) mass is 292 g/mol. The van der Waals surface area contributed by atoms with E-state index in [0.29, 0.717) is 30.8 Å². The summed E-state index contributed by atoms with van der Waals surface area (Å²) in [7, 11) is 1.35. The van der Waals surface area contributed by atoms with Gasteiger partial charge < -0.3 is 9.47 Å². The van der Waals surface area contributed by atoms with Crippen LogP contribution in [0, 0.1) is 13.8 Å². The van der Waals surface area contributed by atoms with E-state index in [2.05, 4.69) is 4.74 Å². The Bertz CT molecular complexity index is 506. The van der Waals surface area contributed by atoms with E-state index < -0.39 is 0 Å². The molecular weight excluding hydrogens is 268 g/mol. The van der Waals surface area contributed by atoms with E-state index in [-0.39, 0.29) is 18.2 Å². The molecule has 0 radical (unpaired) electrons. The maximum absolute atomic E-state index is 12.4. The number of benzene rings is 1. The lowest BCUT2D eigenvalue weighted by atomic mass is 9.99. The predicted octanol–water partition coefficient (Wildman–Crippen LogP) is 3.62. The number of hydrogen-bond acceptors (Lipinski definition) is 4. The van der Waals surface area contributed by atoms with Crippen molar-refractivity contribution >= 4 is 11.8 Å². The van der Waals surface area contributed by atoms with E-state index in [1.54, 1.807) is 0 Å². The minimum absolute atomic E-state index is 0.0109. The van der Waals surface area contributed by atoms with Crippen LogP contribution in [0.2, 0.25) is 0 Å². The molecule has 0 saturated carbocycles. The highest BCUT2D eigenvalue weighted by Gasteiger charge is 2.16. The highest BCUT2D eigenvalue weighted by molar-refractivity contribution is 5.99. The molecule has 1 rings (SSSR count). The molecule has 0 amide bonds. The van der Waals surface area contributed by atoms with Gasteiger partial charge in [0.1, 0.15) is 5.75 Å². The SMILES string of the molecule is CCCOc1c(C)cc(C)cc1C(=O)CCCC(=O)OC. The summed E-state index contributed by atoms with van der Waals surface area (Å²) in [6, 6.07) is 3.87. The van der Waals surface area contributed by atoms with E-state index in [1.165, 1.54) is 7.11 Å². The molecule has 0 spiro atoms. The molecule has 4 heteroatoms. The van der Waals surface area contributed by atoms with Gasteiger partial charge in [0.05, 0.1) is 19.3 Å². The Hall–Kier alpha value is -1.84. The first kappa shape index (κ1) is 17.2. The van der Waals surface area contributed by atoms with Crippen molar-refractivity contribution in [3.63, 3.8) is 0 Å². The van der Waals surface area contributed by atoms with Crippen molar-refractivity contribution in [2.45, 2.75) is 46.5 Å². The summed E-state index contributed by atoms with van der Waals surface area (Å²) in [6.07, 6.45) is 1.97. The zero-order valence-electron chi connectivity index (χ0n) is 13.3. The maximum atomic E-state index is 12.4. The van der Waals surface area contributed by atoms with Crippen molar-refractivity contribution in [2.24, 2.45) is 0 Å². The third kappa shape index (κ3) is 5.21. The van der Waals surface area contributed by atoms with Gasteiger partial charge in [0.15, 0.2) is 5.78 Å². The topological polar surface area (TPSA) is 52.6 Å². The van der Waals surface area contributed by atoms with Gasteiger partial charge in [0, 0.05) is 12.8 Å². The van der Waals surface area contributed by atoms with E-state index in [1.807, 2.05) is 32.9 Å². The van der Waals surface area contributed by atoms with Crippen molar-refractivity contribution in [1.82, 2.24) is 0 Å². The number of ether oxygens (including phenoxy) is 2. The van der Waals surface area contributed by atoms with Crippen LogP contribution in [0.3, 0.4) is 0 Å². The van der Waals surface area contributed by atoms with Crippen LogP contribution in [-0.4, -0.2) is 25.5 Å². The minimum atomic E-state index is -0.286. The van der Waals surface area contributed by atoms with Gasteiger partial charge in [-0.1, -0.05) is 13.0 Å². The van der Waals surface area contributed by atoms with Crippen LogP contribution in [0.25, 0.3) is 0 Å². The first-order valence-corrected chi connectivity index (χ1v) is 7.33. The van der Waals surface area contributed by atoms with E-state index >= 15 is 0 Å². The van der Waals surface area contributed by atoms with Crippen molar-refractivity contribution in [3.05, 3.63) is 28.8 Å². The number of methoxy groups -OCH3 is 1. The molecule has 0 saturated heterocycles. The normalized spacial score (nSPS) is 10.3. The van der Waals surface area contributed by atoms with Gasteiger partial charge in [0.25, 0.3) is 0 Å². The van der Waals surface area contributed by atoms with Crippen LogP contribution in [-0.2, 0) is 9.53 Å². The molecule has 0 aliphatic rings. The summed E-state index contributed by atoms with van der Waals surface area (Å²) < 4.78 is 10.3. The van der Waals surface area contributed by atoms with Crippen LogP contribution < -0.4 is 4.74 Å². The molecule has 0 aromatic heterocycles. The lowest BCUT2D eigenvalue weighted by molar-refractivity contribution is -0.140. The summed E-state index contributed by atoms with van der Waals surface area (Å²) in [5.74, 6) is 0.396. The van der Waals surface area contributed by atoms with E-state index in [4.69, 9.17) is 4.74 Å². The summed E-state index contributed by atoms with van der Waals surface area (Å²) in [4.78, 5) is 23.5. The number of ketones is 1. The second-order valence-electron chi connectivity index (χ2n) is 5.16. The van der Waals surface area contributed by atoms with Gasteiger partial charge >= 0.3 is 5.97 Å². The van der Waals surface area contributed by atoms with Crippen molar-refractivity contribution in [2.75, 3.05) is 13.7 Å². The van der Waals surface area contributed by atoms with Crippen LogP contribution in [0.5, 0.6) is 5.75 Å². The summed E-state index contributed by atoms with van der Waals surface area (Å²) >= 11 is 0. The fourth-order valence-electron chi connectivity index (χ4n) is 2.19. The average molecular weight is 292 g/mol. The highest BCUT2D eigenvalue weighted by atomic mass is 16.5. The molecule has 0 unspecified atom stereocenters. The molecule has 4 nitrogen and oxygen atoms in total. The van der Waals surface area contributed by atoms with Gasteiger partial charge in [-0.2, -0.15) is 0 Å². The molecule has 0 atom stereocenters. The number of carbonyl (C=O) groups is 2. The number of rotatable bonds is 8. The molecule has 1 aromatic carbocycles. The van der Waals surface area contributed by atoms with Gasteiger partial charge in [-0.3, -0.25) is 9.59 Å². The lowest BCUT2D eigenvalue weighted by Crippen LogP contribution is -2.08. The molecule has 1 aromatic rings. The number of esters is 1. The molecule has 0 fully saturated rings. The quantitative estimate of drug-likeness (QED) is 0.542. The Kier molecular flexibility index (Phi) is 6.92. The predicted molar refractivity (Wildman–Crippen MR) is 81.9 cm³/mol. The Morgan fingerprint density at radius 2 is 1.86 bits per heavy atom. The number of carbonyl (C=O) groups excluding carboxylic acids is 2. The van der Waals surface area contributed by atoms with Gasteiger partial charge in [-0.15, -0.1) is 0 Å². The zero-order valence-corrected chi connectivity index (χ0v) is 13.3. The number of Topliss-reactive ketones (excluding diaryl/α,β-unsaturated/α-hetero) is 1. The smallest absolute Gasteiger partial charge is 0.305 e. The Labute approximate surface area is 126 Å². The molecule has 0 bridgehead atoms. The highest BCUT2D eigenvalue weighted by Crippen LogP contribution is 2.27. The molecule has 0 aliphatic carbocycles. The lowest BCUT2D eigenvalue weighted by Gasteiger charge is -2.14. The maximum Gasteiger partial charge on any atom is 0.305 e. The molecular formula is C17H24O4. The van der Waals surface area contributed by atoms with Crippen molar-refractivity contribution in [3.8, 4) is 5.75 Å². The Morgan fingerprint density at radius 3 is 2.48 bits per heavy atom. The van der Waals surface area contributed by atoms with Crippen LogP contribution >= 0.6 is 0 Å². The number of hydrogen-bond donors (Lipinski definition) is 0. The molecule has 0 N–H and O–H groups in total. The zero-order chi connectivity index (χ0) is 15.8. The molecule has 116 valence electrons. The first-order valence-electron chi connectivity index (χ1n) is 7.33.